The third-order valence-corrected chi connectivity index (χ3v) is 3.94. The molecule has 2 rings (SSSR count). The molecule has 1 heteroatoms. The van der Waals surface area contributed by atoms with E-state index in [0.717, 1.165) is 5.92 Å². The molecule has 0 aromatic heterocycles. The molecular weight excluding hydrogens is 206 g/mol. The van der Waals surface area contributed by atoms with Crippen molar-refractivity contribution in [2.75, 3.05) is 18.0 Å². The maximum Gasteiger partial charge on any atom is 0.0442 e. The minimum atomic E-state index is 0.934. The molecule has 1 nitrogen and oxygen atoms in total. The minimum Gasteiger partial charge on any atom is -0.371 e. The zero-order chi connectivity index (χ0) is 12.3. The molecule has 0 aliphatic carbocycles. The largest absolute Gasteiger partial charge is 0.371 e. The van der Waals surface area contributed by atoms with Gasteiger partial charge in [-0.2, -0.15) is 0 Å². The predicted molar refractivity (Wildman–Crippen MR) is 76.5 cm³/mol. The molecule has 0 unspecified atom stereocenters. The fourth-order valence-electron chi connectivity index (χ4n) is 2.68. The van der Waals surface area contributed by atoms with Gasteiger partial charge in [0.1, 0.15) is 0 Å². The molecule has 0 atom stereocenters. The summed E-state index contributed by atoms with van der Waals surface area (Å²) in [5.74, 6) is 0.934. The number of piperidine rings is 1. The van der Waals surface area contributed by atoms with Gasteiger partial charge >= 0.3 is 0 Å². The van der Waals surface area contributed by atoms with Crippen molar-refractivity contribution < 1.29 is 0 Å². The lowest BCUT2D eigenvalue weighted by Crippen LogP contribution is -2.33. The molecule has 0 N–H and O–H groups in total. The summed E-state index contributed by atoms with van der Waals surface area (Å²) in [6, 6.07) is 6.65. The maximum atomic E-state index is 3.92. The van der Waals surface area contributed by atoms with E-state index in [1.165, 1.54) is 49.2 Å². The van der Waals surface area contributed by atoms with Crippen molar-refractivity contribution in [1.29, 1.82) is 0 Å². The summed E-state index contributed by atoms with van der Waals surface area (Å²) >= 11 is 0. The molecule has 17 heavy (non-hydrogen) atoms. The molecule has 1 saturated heterocycles. The lowest BCUT2D eigenvalue weighted by Gasteiger charge is -2.34. The Morgan fingerprint density at radius 2 is 2.06 bits per heavy atom. The Kier molecular flexibility index (Phi) is 3.88. The van der Waals surface area contributed by atoms with E-state index in [9.17, 15) is 0 Å². The molecule has 0 saturated carbocycles. The van der Waals surface area contributed by atoms with Crippen LogP contribution in [-0.4, -0.2) is 13.1 Å². The van der Waals surface area contributed by atoms with Crippen LogP contribution in [0.5, 0.6) is 0 Å². The quantitative estimate of drug-likeness (QED) is 0.748. The van der Waals surface area contributed by atoms with E-state index in [1.807, 2.05) is 6.08 Å². The summed E-state index contributed by atoms with van der Waals surface area (Å²) in [4.78, 5) is 2.52. The van der Waals surface area contributed by atoms with Crippen LogP contribution in [0.4, 0.5) is 5.69 Å². The number of hydrogen-bond acceptors (Lipinski definition) is 1. The second-order valence-electron chi connectivity index (χ2n) is 5.11. The average molecular weight is 229 g/mol. The van der Waals surface area contributed by atoms with Gasteiger partial charge < -0.3 is 4.90 Å². The smallest absolute Gasteiger partial charge is 0.0442 e. The highest BCUT2D eigenvalue weighted by Gasteiger charge is 2.19. The number of anilines is 1. The molecule has 1 aromatic rings. The predicted octanol–water partition coefficient (Wildman–Crippen LogP) is 4.26. The van der Waals surface area contributed by atoms with Crippen LogP contribution < -0.4 is 4.90 Å². The molecule has 1 aromatic carbocycles. The van der Waals surface area contributed by atoms with Crippen LogP contribution in [0.25, 0.3) is 6.08 Å². The highest BCUT2D eigenvalue weighted by atomic mass is 15.1. The van der Waals surface area contributed by atoms with Crippen LogP contribution in [0.1, 0.15) is 37.3 Å². The van der Waals surface area contributed by atoms with Crippen molar-refractivity contribution >= 4 is 11.8 Å². The molecule has 0 amide bonds. The zero-order valence-corrected chi connectivity index (χ0v) is 11.1. The van der Waals surface area contributed by atoms with Crippen LogP contribution in [0.2, 0.25) is 0 Å². The van der Waals surface area contributed by atoms with Gasteiger partial charge in [0, 0.05) is 18.8 Å². The first-order valence-corrected chi connectivity index (χ1v) is 6.72. The van der Waals surface area contributed by atoms with Gasteiger partial charge in [0.25, 0.3) is 0 Å². The van der Waals surface area contributed by atoms with E-state index in [0.29, 0.717) is 0 Å². The van der Waals surface area contributed by atoms with Gasteiger partial charge in [-0.1, -0.05) is 38.1 Å². The fraction of sp³-hybridized carbons (Fsp3) is 0.500. The Hall–Kier alpha value is -1.24. The minimum absolute atomic E-state index is 0.934. The number of hydrogen-bond donors (Lipinski definition) is 0. The van der Waals surface area contributed by atoms with Gasteiger partial charge in [-0.25, -0.2) is 0 Å². The van der Waals surface area contributed by atoms with Gasteiger partial charge in [0.2, 0.25) is 0 Å². The Balaban J connectivity index is 2.17. The molecule has 92 valence electrons. The third kappa shape index (κ3) is 2.71. The molecule has 0 radical (unpaired) electrons. The monoisotopic (exact) mass is 229 g/mol. The van der Waals surface area contributed by atoms with Crippen LogP contribution in [0.15, 0.2) is 24.8 Å². The van der Waals surface area contributed by atoms with Gasteiger partial charge in [0.05, 0.1) is 0 Å². The van der Waals surface area contributed by atoms with E-state index in [1.54, 1.807) is 0 Å². The molecule has 1 aliphatic rings. The number of benzene rings is 1. The van der Waals surface area contributed by atoms with E-state index in [4.69, 9.17) is 0 Å². The van der Waals surface area contributed by atoms with Crippen molar-refractivity contribution in [3.05, 3.63) is 35.9 Å². The number of aryl methyl sites for hydroxylation is 1. The molecule has 1 heterocycles. The standard InChI is InChI=1S/C16H23N/c1-4-14-8-10-17(11-9-14)16-12-13(3)6-7-15(16)5-2/h5-7,12,14H,2,4,8-11H2,1,3H3. The summed E-state index contributed by atoms with van der Waals surface area (Å²) in [5.41, 5.74) is 3.98. The topological polar surface area (TPSA) is 3.24 Å². The summed E-state index contributed by atoms with van der Waals surface area (Å²) in [6.07, 6.45) is 5.97. The van der Waals surface area contributed by atoms with Crippen molar-refractivity contribution in [2.45, 2.75) is 33.1 Å². The van der Waals surface area contributed by atoms with Crippen LogP contribution in [0, 0.1) is 12.8 Å². The van der Waals surface area contributed by atoms with Crippen molar-refractivity contribution in [3.8, 4) is 0 Å². The highest BCUT2D eigenvalue weighted by Crippen LogP contribution is 2.29. The van der Waals surface area contributed by atoms with Crippen LogP contribution in [-0.2, 0) is 0 Å². The van der Waals surface area contributed by atoms with E-state index in [2.05, 4.69) is 43.5 Å². The van der Waals surface area contributed by atoms with Crippen molar-refractivity contribution in [1.82, 2.24) is 0 Å². The number of nitrogens with zero attached hydrogens (tertiary/aromatic N) is 1. The summed E-state index contributed by atoms with van der Waals surface area (Å²) in [6.45, 7) is 10.8. The van der Waals surface area contributed by atoms with E-state index >= 15 is 0 Å². The zero-order valence-electron chi connectivity index (χ0n) is 11.1. The van der Waals surface area contributed by atoms with E-state index < -0.39 is 0 Å². The van der Waals surface area contributed by atoms with E-state index in [-0.39, 0.29) is 0 Å². The molecule has 1 aliphatic heterocycles. The molecule has 0 spiro atoms. The van der Waals surface area contributed by atoms with Crippen molar-refractivity contribution in [2.24, 2.45) is 5.92 Å². The second-order valence-corrected chi connectivity index (χ2v) is 5.11. The van der Waals surface area contributed by atoms with Gasteiger partial charge in [0.15, 0.2) is 0 Å². The first-order valence-electron chi connectivity index (χ1n) is 6.72. The summed E-state index contributed by atoms with van der Waals surface area (Å²) in [7, 11) is 0. The molecular formula is C16H23N. The Morgan fingerprint density at radius 1 is 1.35 bits per heavy atom. The summed E-state index contributed by atoms with van der Waals surface area (Å²) < 4.78 is 0. The Morgan fingerprint density at radius 3 is 2.65 bits per heavy atom. The lowest BCUT2D eigenvalue weighted by atomic mass is 9.93. The van der Waals surface area contributed by atoms with Gasteiger partial charge in [-0.3, -0.25) is 0 Å². The second kappa shape index (κ2) is 5.39. The lowest BCUT2D eigenvalue weighted by molar-refractivity contribution is 0.395. The average Bonchev–Trinajstić information content (AvgIpc) is 2.39. The first kappa shape index (κ1) is 12.2. The Labute approximate surface area is 105 Å². The third-order valence-electron chi connectivity index (χ3n) is 3.94. The first-order chi connectivity index (χ1) is 8.24. The highest BCUT2D eigenvalue weighted by molar-refractivity contribution is 5.67. The molecule has 0 bridgehead atoms. The van der Waals surface area contributed by atoms with Crippen molar-refractivity contribution in [3.63, 3.8) is 0 Å². The number of rotatable bonds is 3. The maximum absolute atomic E-state index is 3.92. The van der Waals surface area contributed by atoms with Crippen LogP contribution >= 0.6 is 0 Å². The fourth-order valence-corrected chi connectivity index (χ4v) is 2.68. The normalized spacial score (nSPS) is 17.2. The SMILES string of the molecule is C=Cc1ccc(C)cc1N1CCC(CC)CC1. The molecule has 1 fully saturated rings. The van der Waals surface area contributed by atoms with Gasteiger partial charge in [-0.15, -0.1) is 0 Å². The van der Waals surface area contributed by atoms with Crippen LogP contribution in [0.3, 0.4) is 0 Å². The summed E-state index contributed by atoms with van der Waals surface area (Å²) in [5, 5.41) is 0. The Bertz CT molecular complexity index is 387. The van der Waals surface area contributed by atoms with Gasteiger partial charge in [-0.05, 0) is 42.9 Å².